The van der Waals surface area contributed by atoms with Crippen molar-refractivity contribution in [2.75, 3.05) is 32.6 Å². The smallest absolute Gasteiger partial charge is 0.238 e. The Labute approximate surface area is 156 Å². The summed E-state index contributed by atoms with van der Waals surface area (Å²) in [4.78, 5) is 14.4. The predicted molar refractivity (Wildman–Crippen MR) is 98.1 cm³/mol. The molecule has 2 aromatic carbocycles. The van der Waals surface area contributed by atoms with Crippen LogP contribution >= 0.6 is 0 Å². The number of nitrogens with one attached hydrogen (secondary N) is 1. The van der Waals surface area contributed by atoms with Crippen molar-refractivity contribution in [3.63, 3.8) is 0 Å². The molecule has 1 saturated heterocycles. The van der Waals surface area contributed by atoms with Gasteiger partial charge in [0.2, 0.25) is 5.91 Å². The number of hydrogen-bond acceptors (Lipinski definition) is 4. The van der Waals surface area contributed by atoms with Gasteiger partial charge in [-0.1, -0.05) is 6.07 Å². The molecule has 2 aromatic rings. The topological polar surface area (TPSA) is 50.8 Å². The summed E-state index contributed by atoms with van der Waals surface area (Å²) in [5, 5.41) is 2.62. The molecule has 0 bridgehead atoms. The molecule has 1 aliphatic heterocycles. The number of rotatable bonds is 6. The summed E-state index contributed by atoms with van der Waals surface area (Å²) in [6, 6.07) is 9.00. The molecule has 1 fully saturated rings. The highest BCUT2D eigenvalue weighted by atomic mass is 19.2. The van der Waals surface area contributed by atoms with Crippen molar-refractivity contribution in [3.05, 3.63) is 53.6 Å². The van der Waals surface area contributed by atoms with Gasteiger partial charge < -0.3 is 14.8 Å². The van der Waals surface area contributed by atoms with Crippen LogP contribution in [0.4, 0.5) is 14.5 Å². The molecule has 0 radical (unpaired) electrons. The SMILES string of the molecule is COc1ccc([C@H]2CCCN2CC(=O)Nc2ccc(F)c(F)c2)c(OC)c1. The zero-order chi connectivity index (χ0) is 19.4. The van der Waals surface area contributed by atoms with Gasteiger partial charge in [-0.05, 0) is 37.6 Å². The summed E-state index contributed by atoms with van der Waals surface area (Å²) in [6.45, 7) is 0.921. The van der Waals surface area contributed by atoms with Crippen LogP contribution < -0.4 is 14.8 Å². The van der Waals surface area contributed by atoms with Gasteiger partial charge >= 0.3 is 0 Å². The number of anilines is 1. The predicted octanol–water partition coefficient (Wildman–Crippen LogP) is 3.76. The first-order valence-electron chi connectivity index (χ1n) is 8.72. The zero-order valence-electron chi connectivity index (χ0n) is 15.3. The Morgan fingerprint density at radius 2 is 1.96 bits per heavy atom. The largest absolute Gasteiger partial charge is 0.497 e. The first kappa shape index (κ1) is 19.1. The monoisotopic (exact) mass is 376 g/mol. The van der Waals surface area contributed by atoms with E-state index in [1.807, 2.05) is 18.2 Å². The van der Waals surface area contributed by atoms with E-state index in [1.54, 1.807) is 14.2 Å². The molecule has 3 rings (SSSR count). The number of ether oxygens (including phenoxy) is 2. The van der Waals surface area contributed by atoms with E-state index >= 15 is 0 Å². The van der Waals surface area contributed by atoms with Gasteiger partial charge in [0.1, 0.15) is 11.5 Å². The molecule has 27 heavy (non-hydrogen) atoms. The lowest BCUT2D eigenvalue weighted by Gasteiger charge is -2.25. The number of carbonyl (C=O) groups is 1. The molecular weight excluding hydrogens is 354 g/mol. The Kier molecular flexibility index (Phi) is 5.91. The molecule has 144 valence electrons. The summed E-state index contributed by atoms with van der Waals surface area (Å²) in [5.74, 6) is -0.794. The lowest BCUT2D eigenvalue weighted by atomic mass is 10.0. The van der Waals surface area contributed by atoms with Crippen LogP contribution in [0.5, 0.6) is 11.5 Å². The number of likely N-dealkylation sites (tertiary alicyclic amines) is 1. The van der Waals surface area contributed by atoms with Crippen LogP contribution in [0.3, 0.4) is 0 Å². The van der Waals surface area contributed by atoms with E-state index in [-0.39, 0.29) is 24.2 Å². The molecule has 7 heteroatoms. The van der Waals surface area contributed by atoms with Crippen molar-refractivity contribution in [2.24, 2.45) is 0 Å². The molecule has 1 aliphatic rings. The molecule has 1 atom stereocenters. The van der Waals surface area contributed by atoms with Crippen LogP contribution in [0.1, 0.15) is 24.4 Å². The van der Waals surface area contributed by atoms with Gasteiger partial charge in [0.05, 0.1) is 20.8 Å². The summed E-state index contributed by atoms with van der Waals surface area (Å²) >= 11 is 0. The zero-order valence-corrected chi connectivity index (χ0v) is 15.3. The molecule has 5 nitrogen and oxygen atoms in total. The molecule has 0 unspecified atom stereocenters. The minimum atomic E-state index is -0.991. The first-order chi connectivity index (χ1) is 13.0. The standard InChI is InChI=1S/C20H22F2N2O3/c1-26-14-6-7-15(19(11-14)27-2)18-4-3-9-24(18)12-20(25)23-13-5-8-16(21)17(22)10-13/h5-8,10-11,18H,3-4,9,12H2,1-2H3,(H,23,25)/t18-/m1/s1. The van der Waals surface area contributed by atoms with E-state index in [2.05, 4.69) is 10.2 Å². The number of benzene rings is 2. The van der Waals surface area contributed by atoms with Gasteiger partial charge in [0.15, 0.2) is 11.6 Å². The minimum absolute atomic E-state index is 0.0431. The maximum atomic E-state index is 13.3. The number of carbonyl (C=O) groups excluding carboxylic acids is 1. The average Bonchev–Trinajstić information content (AvgIpc) is 3.11. The van der Waals surface area contributed by atoms with Gasteiger partial charge in [-0.25, -0.2) is 8.78 Å². The third-order valence-corrected chi connectivity index (χ3v) is 4.71. The molecule has 0 aliphatic carbocycles. The van der Waals surface area contributed by atoms with Crippen molar-refractivity contribution in [3.8, 4) is 11.5 Å². The molecule has 0 saturated carbocycles. The van der Waals surface area contributed by atoms with Crippen LogP contribution in [0, 0.1) is 11.6 Å². The number of hydrogen-bond donors (Lipinski definition) is 1. The summed E-state index contributed by atoms with van der Waals surface area (Å²) in [5.41, 5.74) is 1.23. The van der Waals surface area contributed by atoms with Gasteiger partial charge in [-0.2, -0.15) is 0 Å². The normalized spacial score (nSPS) is 17.0. The van der Waals surface area contributed by atoms with E-state index in [4.69, 9.17) is 9.47 Å². The quantitative estimate of drug-likeness (QED) is 0.834. The third kappa shape index (κ3) is 4.36. The lowest BCUT2D eigenvalue weighted by molar-refractivity contribution is -0.117. The van der Waals surface area contributed by atoms with Gasteiger partial charge in [-0.15, -0.1) is 0 Å². The van der Waals surface area contributed by atoms with Crippen molar-refractivity contribution in [2.45, 2.75) is 18.9 Å². The van der Waals surface area contributed by atoms with E-state index in [0.717, 1.165) is 37.1 Å². The second kappa shape index (κ2) is 8.35. The fraction of sp³-hybridized carbons (Fsp3) is 0.350. The number of halogens is 2. The third-order valence-electron chi connectivity index (χ3n) is 4.71. The number of amides is 1. The Bertz CT molecular complexity index is 829. The molecule has 1 heterocycles. The van der Waals surface area contributed by atoms with E-state index in [0.29, 0.717) is 11.5 Å². The van der Waals surface area contributed by atoms with Crippen LogP contribution in [0.25, 0.3) is 0 Å². The van der Waals surface area contributed by atoms with Crippen LogP contribution in [0.2, 0.25) is 0 Å². The van der Waals surface area contributed by atoms with E-state index in [1.165, 1.54) is 6.07 Å². The highest BCUT2D eigenvalue weighted by molar-refractivity contribution is 5.92. The molecule has 1 N–H and O–H groups in total. The highest BCUT2D eigenvalue weighted by Gasteiger charge is 2.30. The Morgan fingerprint density at radius 3 is 2.67 bits per heavy atom. The van der Waals surface area contributed by atoms with Gasteiger partial charge in [0.25, 0.3) is 0 Å². The second-order valence-corrected chi connectivity index (χ2v) is 6.41. The average molecular weight is 376 g/mol. The van der Waals surface area contributed by atoms with Crippen molar-refractivity contribution in [1.29, 1.82) is 0 Å². The summed E-state index contributed by atoms with van der Waals surface area (Å²) in [6.07, 6.45) is 1.86. The van der Waals surface area contributed by atoms with Crippen molar-refractivity contribution < 1.29 is 23.0 Å². The van der Waals surface area contributed by atoms with E-state index in [9.17, 15) is 13.6 Å². The minimum Gasteiger partial charge on any atom is -0.497 e. The van der Waals surface area contributed by atoms with E-state index < -0.39 is 11.6 Å². The maximum absolute atomic E-state index is 13.3. The highest BCUT2D eigenvalue weighted by Crippen LogP contribution is 2.38. The van der Waals surface area contributed by atoms with Gasteiger partial charge in [-0.3, -0.25) is 9.69 Å². The number of methoxy groups -OCH3 is 2. The fourth-order valence-corrected chi connectivity index (χ4v) is 3.42. The van der Waals surface area contributed by atoms with Crippen LogP contribution in [-0.2, 0) is 4.79 Å². The Morgan fingerprint density at radius 1 is 1.15 bits per heavy atom. The number of nitrogens with zero attached hydrogens (tertiary/aromatic N) is 1. The lowest BCUT2D eigenvalue weighted by Crippen LogP contribution is -2.33. The molecule has 0 spiro atoms. The van der Waals surface area contributed by atoms with Crippen molar-refractivity contribution >= 4 is 11.6 Å². The Balaban J connectivity index is 1.71. The maximum Gasteiger partial charge on any atom is 0.238 e. The van der Waals surface area contributed by atoms with Crippen molar-refractivity contribution in [1.82, 2.24) is 4.90 Å². The van der Waals surface area contributed by atoms with Crippen LogP contribution in [-0.4, -0.2) is 38.1 Å². The molecular formula is C20H22F2N2O3. The second-order valence-electron chi connectivity index (χ2n) is 6.41. The summed E-state index contributed by atoms with van der Waals surface area (Å²) < 4.78 is 37.0. The fourth-order valence-electron chi connectivity index (χ4n) is 3.42. The first-order valence-corrected chi connectivity index (χ1v) is 8.72. The molecule has 1 amide bonds. The molecule has 0 aromatic heterocycles. The summed E-state index contributed by atoms with van der Waals surface area (Å²) in [7, 11) is 3.20. The Hall–Kier alpha value is -2.67. The van der Waals surface area contributed by atoms with Gasteiger partial charge in [0, 0.05) is 29.4 Å². The van der Waals surface area contributed by atoms with Crippen LogP contribution in [0.15, 0.2) is 36.4 Å².